The lowest BCUT2D eigenvalue weighted by molar-refractivity contribution is 0.0954. The number of amides is 1. The van der Waals surface area contributed by atoms with Gasteiger partial charge in [-0.05, 0) is 48.0 Å². The predicted octanol–water partition coefficient (Wildman–Crippen LogP) is 5.47. The SMILES string of the molecule is O=C(NCCc1nc2ccccc2n1Cc1ccccc1Cl)c1ccc(Br)cc1. The third-order valence-electron chi connectivity index (χ3n) is 4.76. The summed E-state index contributed by atoms with van der Waals surface area (Å²) in [5.41, 5.74) is 3.67. The summed E-state index contributed by atoms with van der Waals surface area (Å²) in [5.74, 6) is 0.827. The average Bonchev–Trinajstić information content (AvgIpc) is 3.07. The lowest BCUT2D eigenvalue weighted by Gasteiger charge is -2.11. The molecule has 0 bridgehead atoms. The minimum absolute atomic E-state index is 0.0914. The molecule has 0 spiro atoms. The molecule has 1 N–H and O–H groups in total. The summed E-state index contributed by atoms with van der Waals surface area (Å²) in [4.78, 5) is 17.1. The van der Waals surface area contributed by atoms with Gasteiger partial charge in [0.15, 0.2) is 0 Å². The van der Waals surface area contributed by atoms with Gasteiger partial charge >= 0.3 is 0 Å². The van der Waals surface area contributed by atoms with Crippen LogP contribution in [-0.4, -0.2) is 22.0 Å². The minimum atomic E-state index is -0.0914. The van der Waals surface area contributed by atoms with Gasteiger partial charge in [0.05, 0.1) is 17.6 Å². The summed E-state index contributed by atoms with van der Waals surface area (Å²) in [5, 5.41) is 3.72. The average molecular weight is 469 g/mol. The van der Waals surface area contributed by atoms with Crippen molar-refractivity contribution < 1.29 is 4.79 Å². The molecule has 0 saturated heterocycles. The summed E-state index contributed by atoms with van der Waals surface area (Å²) in [6.45, 7) is 1.14. The summed E-state index contributed by atoms with van der Waals surface area (Å²) in [7, 11) is 0. The third kappa shape index (κ3) is 4.52. The number of carbonyl (C=O) groups excluding carboxylic acids is 1. The van der Waals surface area contributed by atoms with Crippen molar-refractivity contribution in [2.45, 2.75) is 13.0 Å². The van der Waals surface area contributed by atoms with Crippen molar-refractivity contribution in [2.24, 2.45) is 0 Å². The molecule has 4 nitrogen and oxygen atoms in total. The van der Waals surface area contributed by atoms with Crippen LogP contribution in [0.1, 0.15) is 21.7 Å². The number of para-hydroxylation sites is 2. The molecule has 1 heterocycles. The van der Waals surface area contributed by atoms with E-state index in [0.717, 1.165) is 31.9 Å². The maximum absolute atomic E-state index is 12.4. The van der Waals surface area contributed by atoms with Gasteiger partial charge in [0, 0.05) is 28.0 Å². The van der Waals surface area contributed by atoms with Crippen molar-refractivity contribution in [3.63, 3.8) is 0 Å². The second-order valence-electron chi connectivity index (χ2n) is 6.71. The lowest BCUT2D eigenvalue weighted by Crippen LogP contribution is -2.26. The molecule has 29 heavy (non-hydrogen) atoms. The Bertz CT molecular complexity index is 1150. The topological polar surface area (TPSA) is 46.9 Å². The van der Waals surface area contributed by atoms with Gasteiger partial charge in [0.2, 0.25) is 0 Å². The van der Waals surface area contributed by atoms with E-state index in [9.17, 15) is 4.79 Å². The van der Waals surface area contributed by atoms with E-state index in [1.807, 2.05) is 54.6 Å². The summed E-state index contributed by atoms with van der Waals surface area (Å²) < 4.78 is 3.12. The largest absolute Gasteiger partial charge is 0.352 e. The molecule has 0 radical (unpaired) electrons. The van der Waals surface area contributed by atoms with Crippen LogP contribution in [0.5, 0.6) is 0 Å². The highest BCUT2D eigenvalue weighted by Gasteiger charge is 2.13. The van der Waals surface area contributed by atoms with Crippen LogP contribution < -0.4 is 5.32 Å². The molecular formula is C23H19BrClN3O. The van der Waals surface area contributed by atoms with Crippen LogP contribution in [-0.2, 0) is 13.0 Å². The highest BCUT2D eigenvalue weighted by Crippen LogP contribution is 2.22. The van der Waals surface area contributed by atoms with E-state index >= 15 is 0 Å². The maximum Gasteiger partial charge on any atom is 0.251 e. The standard InChI is InChI=1S/C23H19BrClN3O/c24-18-11-9-16(10-12-18)23(29)26-14-13-22-27-20-7-3-4-8-21(20)28(22)15-17-5-1-2-6-19(17)25/h1-12H,13-15H2,(H,26,29). The molecule has 0 atom stereocenters. The molecule has 1 amide bonds. The van der Waals surface area contributed by atoms with Crippen LogP contribution in [0.4, 0.5) is 0 Å². The molecule has 4 rings (SSSR count). The van der Waals surface area contributed by atoms with Crippen molar-refractivity contribution in [1.82, 2.24) is 14.9 Å². The number of imidazole rings is 1. The predicted molar refractivity (Wildman–Crippen MR) is 120 cm³/mol. The number of rotatable bonds is 6. The van der Waals surface area contributed by atoms with Gasteiger partial charge in [0.25, 0.3) is 5.91 Å². The number of aromatic nitrogens is 2. The van der Waals surface area contributed by atoms with E-state index < -0.39 is 0 Å². The second kappa shape index (κ2) is 8.80. The van der Waals surface area contributed by atoms with Crippen molar-refractivity contribution in [3.8, 4) is 0 Å². The Hall–Kier alpha value is -2.63. The smallest absolute Gasteiger partial charge is 0.251 e. The number of hydrogen-bond donors (Lipinski definition) is 1. The number of halogens is 2. The monoisotopic (exact) mass is 467 g/mol. The molecule has 0 aliphatic rings. The molecule has 0 aliphatic heterocycles. The first-order chi connectivity index (χ1) is 14.1. The van der Waals surface area contributed by atoms with E-state index in [-0.39, 0.29) is 5.91 Å². The highest BCUT2D eigenvalue weighted by molar-refractivity contribution is 9.10. The Balaban J connectivity index is 1.53. The van der Waals surface area contributed by atoms with Crippen LogP contribution in [0.15, 0.2) is 77.3 Å². The van der Waals surface area contributed by atoms with Crippen LogP contribution in [0.3, 0.4) is 0 Å². The van der Waals surface area contributed by atoms with E-state index in [1.165, 1.54) is 0 Å². The molecule has 1 aromatic heterocycles. The number of hydrogen-bond acceptors (Lipinski definition) is 2. The van der Waals surface area contributed by atoms with E-state index in [2.05, 4.69) is 31.9 Å². The van der Waals surface area contributed by atoms with Crippen LogP contribution in [0, 0.1) is 0 Å². The second-order valence-corrected chi connectivity index (χ2v) is 8.03. The van der Waals surface area contributed by atoms with Crippen LogP contribution in [0.25, 0.3) is 11.0 Å². The summed E-state index contributed by atoms with van der Waals surface area (Å²) >= 11 is 9.76. The molecule has 0 fully saturated rings. The normalized spacial score (nSPS) is 11.0. The Labute approximate surface area is 182 Å². The molecule has 0 aliphatic carbocycles. The van der Waals surface area contributed by atoms with Gasteiger partial charge in [-0.15, -0.1) is 0 Å². The van der Waals surface area contributed by atoms with E-state index in [1.54, 1.807) is 12.1 Å². The molecule has 6 heteroatoms. The molecule has 3 aromatic carbocycles. The van der Waals surface area contributed by atoms with E-state index in [4.69, 9.17) is 16.6 Å². The van der Waals surface area contributed by atoms with Gasteiger partial charge < -0.3 is 9.88 Å². The van der Waals surface area contributed by atoms with Gasteiger partial charge in [0.1, 0.15) is 5.82 Å². The molecule has 146 valence electrons. The Morgan fingerprint density at radius 1 is 1.00 bits per heavy atom. The highest BCUT2D eigenvalue weighted by atomic mass is 79.9. The van der Waals surface area contributed by atoms with E-state index in [0.29, 0.717) is 25.1 Å². The molecule has 0 saturated carbocycles. The van der Waals surface area contributed by atoms with Gasteiger partial charge in [-0.25, -0.2) is 4.98 Å². The number of nitrogens with zero attached hydrogens (tertiary/aromatic N) is 2. The van der Waals surface area contributed by atoms with Crippen molar-refractivity contribution in [2.75, 3.05) is 6.54 Å². The fourth-order valence-electron chi connectivity index (χ4n) is 3.28. The summed E-state index contributed by atoms with van der Waals surface area (Å²) in [6.07, 6.45) is 0.626. The van der Waals surface area contributed by atoms with Crippen LogP contribution in [0.2, 0.25) is 5.02 Å². The number of benzene rings is 3. The zero-order valence-electron chi connectivity index (χ0n) is 15.6. The molecule has 0 unspecified atom stereocenters. The first-order valence-corrected chi connectivity index (χ1v) is 10.5. The van der Waals surface area contributed by atoms with Crippen molar-refractivity contribution in [1.29, 1.82) is 0 Å². The van der Waals surface area contributed by atoms with Gasteiger partial charge in [-0.1, -0.05) is 57.9 Å². The Kier molecular flexibility index (Phi) is 5.97. The number of nitrogens with one attached hydrogen (secondary N) is 1. The fourth-order valence-corrected chi connectivity index (χ4v) is 3.74. The maximum atomic E-state index is 12.4. The molecular weight excluding hydrogens is 450 g/mol. The van der Waals surface area contributed by atoms with Crippen molar-refractivity contribution >= 4 is 44.5 Å². The third-order valence-corrected chi connectivity index (χ3v) is 5.66. The number of carbonyl (C=O) groups is 1. The Morgan fingerprint density at radius 2 is 1.72 bits per heavy atom. The van der Waals surface area contributed by atoms with Crippen LogP contribution >= 0.6 is 27.5 Å². The first-order valence-electron chi connectivity index (χ1n) is 9.33. The molecule has 4 aromatic rings. The minimum Gasteiger partial charge on any atom is -0.352 e. The fraction of sp³-hybridized carbons (Fsp3) is 0.130. The zero-order chi connectivity index (χ0) is 20.2. The van der Waals surface area contributed by atoms with Crippen molar-refractivity contribution in [3.05, 3.63) is 99.2 Å². The first kappa shape index (κ1) is 19.7. The quantitative estimate of drug-likeness (QED) is 0.408. The Morgan fingerprint density at radius 3 is 2.52 bits per heavy atom. The lowest BCUT2D eigenvalue weighted by atomic mass is 10.2. The van der Waals surface area contributed by atoms with Gasteiger partial charge in [-0.3, -0.25) is 4.79 Å². The summed E-state index contributed by atoms with van der Waals surface area (Å²) in [6, 6.07) is 23.2. The van der Waals surface area contributed by atoms with Gasteiger partial charge in [-0.2, -0.15) is 0 Å². The zero-order valence-corrected chi connectivity index (χ0v) is 18.0. The number of fused-ring (bicyclic) bond motifs is 1.